The maximum absolute atomic E-state index is 13.0. The van der Waals surface area contributed by atoms with Crippen molar-refractivity contribution in [3.05, 3.63) is 53.9 Å². The summed E-state index contributed by atoms with van der Waals surface area (Å²) in [7, 11) is 1.42. The van der Waals surface area contributed by atoms with Gasteiger partial charge in [-0.2, -0.15) is 5.10 Å². The fourth-order valence-electron chi connectivity index (χ4n) is 8.53. The van der Waals surface area contributed by atoms with E-state index in [1.54, 1.807) is 6.20 Å². The van der Waals surface area contributed by atoms with Crippen molar-refractivity contribution < 1.29 is 33.4 Å². The molecule has 4 amide bonds. The normalized spacial score (nSPS) is 22.0. The number of rotatable bonds is 10. The van der Waals surface area contributed by atoms with Crippen LogP contribution in [0.25, 0.3) is 0 Å². The third-order valence-electron chi connectivity index (χ3n) is 12.2. The molecule has 2 aromatic rings. The molecule has 0 bridgehead atoms. The molecule has 55 heavy (non-hydrogen) atoms. The third kappa shape index (κ3) is 11.4. The van der Waals surface area contributed by atoms with Crippen molar-refractivity contribution in [3.63, 3.8) is 0 Å². The number of ether oxygens (including phenoxy) is 2. The molecular formula is C42H62N6O7. The lowest BCUT2D eigenvalue weighted by Gasteiger charge is -2.48. The van der Waals surface area contributed by atoms with Gasteiger partial charge in [0, 0.05) is 63.4 Å². The summed E-state index contributed by atoms with van der Waals surface area (Å²) in [6.07, 6.45) is 14.1. The second kappa shape index (κ2) is 19.1. The lowest BCUT2D eigenvalue weighted by atomic mass is 9.78. The maximum atomic E-state index is 13.0. The Balaban J connectivity index is 0.000000202. The minimum absolute atomic E-state index is 0.0252. The molecule has 5 fully saturated rings. The Labute approximate surface area is 326 Å². The van der Waals surface area contributed by atoms with Crippen molar-refractivity contribution in [1.82, 2.24) is 24.5 Å². The smallest absolute Gasteiger partial charge is 0.308 e. The highest BCUT2D eigenvalue weighted by Crippen LogP contribution is 2.54. The Kier molecular flexibility index (Phi) is 14.5. The quantitative estimate of drug-likeness (QED) is 0.274. The lowest BCUT2D eigenvalue weighted by Crippen LogP contribution is -2.60. The molecule has 3 saturated heterocycles. The number of carbonyl (C=O) groups excluding carboxylic acids is 5. The monoisotopic (exact) mass is 762 g/mol. The van der Waals surface area contributed by atoms with Crippen LogP contribution in [0.1, 0.15) is 101 Å². The van der Waals surface area contributed by atoms with Crippen molar-refractivity contribution in [1.29, 1.82) is 0 Å². The van der Waals surface area contributed by atoms with Gasteiger partial charge in [0.2, 0.25) is 18.2 Å². The summed E-state index contributed by atoms with van der Waals surface area (Å²) in [5.41, 5.74) is 6.25. The van der Waals surface area contributed by atoms with Crippen molar-refractivity contribution in [2.45, 2.75) is 97.6 Å². The highest BCUT2D eigenvalue weighted by molar-refractivity contribution is 5.94. The maximum Gasteiger partial charge on any atom is 0.308 e. The molecule has 0 radical (unpaired) electrons. The number of primary amides is 1. The Morgan fingerprint density at radius 2 is 1.58 bits per heavy atom. The Morgan fingerprint density at radius 1 is 0.945 bits per heavy atom. The van der Waals surface area contributed by atoms with Crippen LogP contribution in [0.5, 0.6) is 0 Å². The zero-order chi connectivity index (χ0) is 39.6. The molecule has 1 spiro atoms. The van der Waals surface area contributed by atoms with Gasteiger partial charge in [0.05, 0.1) is 43.9 Å². The largest absolute Gasteiger partial charge is 0.469 e. The van der Waals surface area contributed by atoms with E-state index < -0.39 is 0 Å². The molecule has 13 nitrogen and oxygen atoms in total. The van der Waals surface area contributed by atoms with E-state index in [0.717, 1.165) is 51.2 Å². The fourth-order valence-corrected chi connectivity index (χ4v) is 8.53. The van der Waals surface area contributed by atoms with Gasteiger partial charge in [-0.1, -0.05) is 63.4 Å². The summed E-state index contributed by atoms with van der Waals surface area (Å²) in [6, 6.07) is 10.1. The summed E-state index contributed by atoms with van der Waals surface area (Å²) in [4.78, 5) is 63.8. The van der Waals surface area contributed by atoms with Gasteiger partial charge in [0.25, 0.3) is 5.91 Å². The first-order valence-corrected chi connectivity index (χ1v) is 20.1. The van der Waals surface area contributed by atoms with Crippen LogP contribution in [0.4, 0.5) is 0 Å². The summed E-state index contributed by atoms with van der Waals surface area (Å²) in [6.45, 7) is 12.2. The van der Waals surface area contributed by atoms with Crippen molar-refractivity contribution >= 4 is 30.1 Å². The molecule has 2 N–H and O–H groups in total. The van der Waals surface area contributed by atoms with E-state index in [1.807, 2.05) is 50.7 Å². The van der Waals surface area contributed by atoms with Crippen LogP contribution in [0, 0.1) is 28.6 Å². The molecule has 13 heteroatoms. The Bertz CT molecular complexity index is 1590. The van der Waals surface area contributed by atoms with Crippen LogP contribution in [0.2, 0.25) is 0 Å². The van der Waals surface area contributed by atoms with E-state index in [1.165, 1.54) is 39.2 Å². The number of nitrogens with two attached hydrogens (primary N) is 1. The van der Waals surface area contributed by atoms with Gasteiger partial charge >= 0.3 is 5.97 Å². The molecule has 7 rings (SSSR count). The van der Waals surface area contributed by atoms with E-state index >= 15 is 0 Å². The van der Waals surface area contributed by atoms with Gasteiger partial charge in [-0.05, 0) is 62.3 Å². The zero-order valence-electron chi connectivity index (χ0n) is 33.3. The number of hydrogen-bond donors (Lipinski definition) is 1. The number of benzene rings is 1. The molecule has 2 atom stereocenters. The van der Waals surface area contributed by atoms with Crippen LogP contribution in [0.3, 0.4) is 0 Å². The summed E-state index contributed by atoms with van der Waals surface area (Å²) in [5, 5.41) is 4.37. The second-order valence-electron chi connectivity index (χ2n) is 17.0. The molecular weight excluding hydrogens is 700 g/mol. The molecule has 1 aromatic heterocycles. The number of amides is 4. The highest BCUT2D eigenvalue weighted by atomic mass is 16.5. The zero-order valence-corrected chi connectivity index (χ0v) is 33.3. The van der Waals surface area contributed by atoms with E-state index in [0.29, 0.717) is 56.3 Å². The SMILES string of the molecule is CC1(C)C[C@@H]1C(=O)N1CC2(CCN(C(=O)c3cnn(Cc4ccccc4)c3)C2)C1.COC(=O)C1CCN(C(=O)CC(C)OCC2CCCCC2)CC1.NC=O. The number of likely N-dealkylation sites (tertiary alicyclic amines) is 3. The standard InChI is InChI=1S/C23H28N4O2.C18H31NO4.CH3NO/c1-22(2)10-19(22)21(29)26-15-23(16-26)8-9-25(14-23)20(28)18-11-24-27(13-18)12-17-6-4-3-5-7-17;1-14(23-13-15-6-4-3-5-7-15)12-17(20)19-10-8-16(9-11-19)18(21)22-2;2-1-3/h3-7,11,13,19H,8-10,12,14-16H2,1-2H3;14-16H,3-13H2,1-2H3;1H,(H2,2,3)/t19-;;/m1../s1. The Morgan fingerprint density at radius 3 is 2.20 bits per heavy atom. The van der Waals surface area contributed by atoms with Crippen LogP contribution in [0.15, 0.2) is 42.7 Å². The van der Waals surface area contributed by atoms with E-state index in [-0.39, 0.29) is 53.0 Å². The van der Waals surface area contributed by atoms with Gasteiger partial charge in [-0.3, -0.25) is 28.7 Å². The molecule has 1 aromatic carbocycles. The topological polar surface area (TPSA) is 157 Å². The number of hydrogen-bond acceptors (Lipinski definition) is 8. The van der Waals surface area contributed by atoms with Gasteiger partial charge in [-0.15, -0.1) is 0 Å². The van der Waals surface area contributed by atoms with Crippen molar-refractivity contribution in [2.75, 3.05) is 53.0 Å². The van der Waals surface area contributed by atoms with E-state index in [2.05, 4.69) is 36.8 Å². The first kappa shape index (κ1) is 41.9. The Hall–Kier alpha value is -4.26. The number of esters is 1. The minimum Gasteiger partial charge on any atom is -0.469 e. The molecule has 2 saturated carbocycles. The van der Waals surface area contributed by atoms with Crippen LogP contribution in [-0.4, -0.2) is 114 Å². The highest BCUT2D eigenvalue weighted by Gasteiger charge is 2.57. The summed E-state index contributed by atoms with van der Waals surface area (Å²) >= 11 is 0. The number of piperidine rings is 1. The van der Waals surface area contributed by atoms with E-state index in [4.69, 9.17) is 14.3 Å². The average Bonchev–Trinajstić information content (AvgIpc) is 3.49. The van der Waals surface area contributed by atoms with Crippen LogP contribution >= 0.6 is 0 Å². The number of carbonyl (C=O) groups is 5. The lowest BCUT2D eigenvalue weighted by molar-refractivity contribution is -0.149. The molecule has 2 aliphatic carbocycles. The first-order chi connectivity index (χ1) is 26.4. The predicted octanol–water partition coefficient (Wildman–Crippen LogP) is 4.53. The fraction of sp³-hybridized carbons (Fsp3) is 0.667. The van der Waals surface area contributed by atoms with Gasteiger partial charge in [-0.25, -0.2) is 0 Å². The molecule has 3 aliphatic heterocycles. The molecule has 4 heterocycles. The predicted molar refractivity (Wildman–Crippen MR) is 207 cm³/mol. The van der Waals surface area contributed by atoms with Gasteiger partial charge in [0.1, 0.15) is 0 Å². The number of methoxy groups -OCH3 is 1. The molecule has 302 valence electrons. The third-order valence-corrected chi connectivity index (χ3v) is 12.2. The van der Waals surface area contributed by atoms with Crippen LogP contribution < -0.4 is 5.73 Å². The van der Waals surface area contributed by atoms with Crippen molar-refractivity contribution in [3.8, 4) is 0 Å². The average molecular weight is 763 g/mol. The number of aromatic nitrogens is 2. The second-order valence-corrected chi connectivity index (χ2v) is 17.0. The minimum atomic E-state index is -0.152. The van der Waals surface area contributed by atoms with Gasteiger partial charge in [0.15, 0.2) is 0 Å². The first-order valence-electron chi connectivity index (χ1n) is 20.1. The number of nitrogens with zero attached hydrogens (tertiary/aromatic N) is 5. The summed E-state index contributed by atoms with van der Waals surface area (Å²) < 4.78 is 12.5. The summed E-state index contributed by atoms with van der Waals surface area (Å²) in [5.74, 6) is 1.18. The molecule has 5 aliphatic rings. The van der Waals surface area contributed by atoms with Crippen molar-refractivity contribution in [2.24, 2.45) is 34.3 Å². The van der Waals surface area contributed by atoms with Crippen LogP contribution in [-0.2, 0) is 35.2 Å². The van der Waals surface area contributed by atoms with Gasteiger partial charge < -0.3 is 29.9 Å². The van der Waals surface area contributed by atoms with E-state index in [9.17, 15) is 19.2 Å². The molecule has 1 unspecified atom stereocenters.